The number of carbonyl (C=O) groups is 1. The Hall–Kier alpha value is -2.06. The summed E-state index contributed by atoms with van der Waals surface area (Å²) >= 11 is 0. The van der Waals surface area contributed by atoms with Crippen molar-refractivity contribution in [3.05, 3.63) is 60.7 Å². The molecule has 0 bridgehead atoms. The normalized spacial score (nSPS) is 19.7. The summed E-state index contributed by atoms with van der Waals surface area (Å²) in [6.45, 7) is 26.2. The predicted molar refractivity (Wildman–Crippen MR) is 209 cm³/mol. The molecule has 1 heterocycles. The van der Waals surface area contributed by atoms with Crippen molar-refractivity contribution >= 4 is 32.5 Å². The van der Waals surface area contributed by atoms with E-state index in [2.05, 4.69) is 126 Å². The molecule has 1 aliphatic rings. The minimum absolute atomic E-state index is 0.0258. The van der Waals surface area contributed by atoms with E-state index in [4.69, 9.17) is 13.9 Å². The van der Waals surface area contributed by atoms with Gasteiger partial charge in [0.05, 0.1) is 24.2 Å². The third kappa shape index (κ3) is 11.0. The van der Waals surface area contributed by atoms with E-state index in [9.17, 15) is 9.90 Å². The van der Waals surface area contributed by atoms with Gasteiger partial charge >= 0.3 is 0 Å². The van der Waals surface area contributed by atoms with E-state index in [0.29, 0.717) is 25.9 Å². The highest BCUT2D eigenvalue weighted by atomic mass is 28.4. The second-order valence-corrected chi connectivity index (χ2v) is 26.4. The van der Waals surface area contributed by atoms with Crippen molar-refractivity contribution in [2.75, 3.05) is 6.61 Å². The van der Waals surface area contributed by atoms with Crippen molar-refractivity contribution in [2.24, 2.45) is 17.3 Å². The molecule has 1 fully saturated rings. The van der Waals surface area contributed by atoms with Crippen molar-refractivity contribution < 1.29 is 23.8 Å². The van der Waals surface area contributed by atoms with Crippen LogP contribution in [0.1, 0.15) is 101 Å². The first-order valence-corrected chi connectivity index (χ1v) is 23.9. The number of aliphatic hydroxyl groups is 1. The zero-order valence-electron chi connectivity index (χ0n) is 32.7. The maximum absolute atomic E-state index is 14.4. The molecule has 7 heteroatoms. The van der Waals surface area contributed by atoms with E-state index < -0.39 is 39.6 Å². The molecule has 2 unspecified atom stereocenters. The zero-order chi connectivity index (χ0) is 36.7. The van der Waals surface area contributed by atoms with Gasteiger partial charge in [0.15, 0.2) is 5.79 Å². The summed E-state index contributed by atoms with van der Waals surface area (Å²) < 4.78 is 19.4. The molecule has 1 N–H and O–H groups in total. The fraction of sp³-hybridized carbons (Fsp3) is 0.643. The summed E-state index contributed by atoms with van der Waals surface area (Å²) in [5, 5.41) is 14.3. The molecular weight excluding hydrogens is 641 g/mol. The van der Waals surface area contributed by atoms with Gasteiger partial charge in [-0.1, -0.05) is 128 Å². The van der Waals surface area contributed by atoms with Crippen molar-refractivity contribution in [1.29, 1.82) is 0 Å². The van der Waals surface area contributed by atoms with Gasteiger partial charge in [0.2, 0.25) is 0 Å². The van der Waals surface area contributed by atoms with Gasteiger partial charge in [-0.2, -0.15) is 0 Å². The number of Topliss-reactive ketones (excluding diaryl/α,β-unsaturated/α-hetero) is 1. The Kier molecular flexibility index (Phi) is 14.3. The summed E-state index contributed by atoms with van der Waals surface area (Å²) in [7, 11) is -4.19. The number of carbonyl (C=O) groups excluding carboxylic acids is 1. The van der Waals surface area contributed by atoms with Gasteiger partial charge in [-0.25, -0.2) is 0 Å². The standard InChI is InChI=1S/C42H66O5Si2/c1-32(22-21-23-33(2)47-49(40(3,4)5,34-24-15-13-16-25-34)35-26-17-14-18-27-35)38(43)36(28-19-20-31-48(10,11)12)39(44)41(6,7)37-29-30-45-42(8,9)46-37/h13-18,24-27,32-33,36-38,43H,19,21-23,28-30H2,1-12H3/t32-,33?,36?,37-,38+/m0/s1. The van der Waals surface area contributed by atoms with Crippen molar-refractivity contribution in [1.82, 2.24) is 0 Å². The van der Waals surface area contributed by atoms with Crippen LogP contribution in [0.2, 0.25) is 24.7 Å². The van der Waals surface area contributed by atoms with Crippen LogP contribution < -0.4 is 10.4 Å². The Bertz CT molecular complexity index is 1340. The molecule has 5 nitrogen and oxygen atoms in total. The molecule has 2 aromatic carbocycles. The van der Waals surface area contributed by atoms with Crippen LogP contribution in [0.15, 0.2) is 60.7 Å². The van der Waals surface area contributed by atoms with E-state index >= 15 is 0 Å². The molecule has 1 aliphatic heterocycles. The van der Waals surface area contributed by atoms with Gasteiger partial charge in [-0.3, -0.25) is 4.79 Å². The second kappa shape index (κ2) is 17.0. The summed E-state index contributed by atoms with van der Waals surface area (Å²) in [6.07, 6.45) is 3.36. The maximum atomic E-state index is 14.4. The van der Waals surface area contributed by atoms with Crippen LogP contribution in [0.25, 0.3) is 0 Å². The topological polar surface area (TPSA) is 65.0 Å². The molecular formula is C42H66O5Si2. The smallest absolute Gasteiger partial charge is 0.261 e. The summed E-state index contributed by atoms with van der Waals surface area (Å²) in [5.74, 6) is 2.11. The number of aliphatic hydroxyl groups excluding tert-OH is 1. The molecule has 3 rings (SSSR count). The highest BCUT2D eigenvalue weighted by molar-refractivity contribution is 6.99. The van der Waals surface area contributed by atoms with Crippen molar-refractivity contribution in [3.63, 3.8) is 0 Å². The lowest BCUT2D eigenvalue weighted by atomic mass is 9.70. The quantitative estimate of drug-likeness (QED) is 0.149. The summed E-state index contributed by atoms with van der Waals surface area (Å²) in [6, 6.07) is 21.5. The molecule has 0 spiro atoms. The Labute approximate surface area is 301 Å². The van der Waals surface area contributed by atoms with Crippen LogP contribution in [0.4, 0.5) is 0 Å². The maximum Gasteiger partial charge on any atom is 0.261 e. The van der Waals surface area contributed by atoms with Crippen LogP contribution in [-0.2, 0) is 18.7 Å². The lowest BCUT2D eigenvalue weighted by molar-refractivity contribution is -0.289. The predicted octanol–water partition coefficient (Wildman–Crippen LogP) is 8.53. The van der Waals surface area contributed by atoms with E-state index in [1.165, 1.54) is 10.4 Å². The monoisotopic (exact) mass is 706 g/mol. The SMILES string of the molecule is CC(CCC[C@H](C)[C@@H](O)C(CCC#C[Si](C)(C)C)C(=O)C(C)(C)[C@@H]1CCOC(C)(C)O1)O[Si](c1ccccc1)(c1ccccc1)C(C)(C)C. The average Bonchev–Trinajstić information content (AvgIpc) is 3.02. The molecule has 0 aromatic heterocycles. The molecule has 0 radical (unpaired) electrons. The summed E-state index contributed by atoms with van der Waals surface area (Å²) in [4.78, 5) is 14.4. The van der Waals surface area contributed by atoms with Crippen LogP contribution in [-0.4, -0.2) is 58.0 Å². The lowest BCUT2D eigenvalue weighted by Gasteiger charge is -2.45. The second-order valence-electron chi connectivity index (χ2n) is 17.4. The van der Waals surface area contributed by atoms with E-state index in [0.717, 1.165) is 19.3 Å². The van der Waals surface area contributed by atoms with Gasteiger partial charge < -0.3 is 19.0 Å². The first kappa shape index (κ1) is 41.4. The lowest BCUT2D eigenvalue weighted by Crippen LogP contribution is -2.67. The van der Waals surface area contributed by atoms with Crippen molar-refractivity contribution in [2.45, 2.75) is 150 Å². The Morgan fingerprint density at radius 1 is 0.939 bits per heavy atom. The summed E-state index contributed by atoms with van der Waals surface area (Å²) in [5.41, 5.74) is 2.67. The number of ether oxygens (including phenoxy) is 2. The number of hydrogen-bond acceptors (Lipinski definition) is 5. The van der Waals surface area contributed by atoms with Crippen LogP contribution in [0, 0.1) is 28.7 Å². The molecule has 2 aromatic rings. The van der Waals surface area contributed by atoms with Crippen molar-refractivity contribution in [3.8, 4) is 11.5 Å². The fourth-order valence-corrected chi connectivity index (χ4v) is 12.7. The number of ketones is 1. The zero-order valence-corrected chi connectivity index (χ0v) is 34.7. The Balaban J connectivity index is 1.77. The van der Waals surface area contributed by atoms with E-state index in [1.54, 1.807) is 0 Å². The number of hydrogen-bond donors (Lipinski definition) is 1. The molecule has 5 atom stereocenters. The molecule has 1 saturated heterocycles. The largest absolute Gasteiger partial charge is 0.405 e. The number of rotatable bonds is 15. The third-order valence-corrected chi connectivity index (χ3v) is 16.2. The van der Waals surface area contributed by atoms with Gasteiger partial charge in [0, 0.05) is 18.4 Å². The third-order valence-electron chi connectivity index (χ3n) is 10.1. The fourth-order valence-electron chi connectivity index (χ4n) is 7.35. The Morgan fingerprint density at radius 2 is 1.49 bits per heavy atom. The minimum atomic E-state index is -2.65. The Morgan fingerprint density at radius 3 is 1.98 bits per heavy atom. The molecule has 0 saturated carbocycles. The number of benzene rings is 2. The van der Waals surface area contributed by atoms with Crippen LogP contribution >= 0.6 is 0 Å². The molecule has 49 heavy (non-hydrogen) atoms. The van der Waals surface area contributed by atoms with Gasteiger partial charge in [-0.05, 0) is 67.8 Å². The average molecular weight is 707 g/mol. The minimum Gasteiger partial charge on any atom is -0.405 e. The van der Waals surface area contributed by atoms with Gasteiger partial charge in [0.1, 0.15) is 13.9 Å². The molecule has 0 amide bonds. The van der Waals surface area contributed by atoms with E-state index in [-0.39, 0.29) is 28.9 Å². The highest BCUT2D eigenvalue weighted by Crippen LogP contribution is 2.40. The van der Waals surface area contributed by atoms with E-state index in [1.807, 2.05) is 27.7 Å². The van der Waals surface area contributed by atoms with Crippen LogP contribution in [0.3, 0.4) is 0 Å². The van der Waals surface area contributed by atoms with Gasteiger partial charge in [0.25, 0.3) is 8.32 Å². The molecule has 0 aliphatic carbocycles. The van der Waals surface area contributed by atoms with Gasteiger partial charge in [-0.15, -0.1) is 11.5 Å². The highest BCUT2D eigenvalue weighted by Gasteiger charge is 2.51. The molecule has 272 valence electrons. The first-order chi connectivity index (χ1) is 22.7. The first-order valence-electron chi connectivity index (χ1n) is 18.5. The van der Waals surface area contributed by atoms with Crippen LogP contribution in [0.5, 0.6) is 0 Å².